The molecule has 1 heterocycles. The molecule has 0 radical (unpaired) electrons. The van der Waals surface area contributed by atoms with Crippen molar-refractivity contribution in [3.63, 3.8) is 0 Å². The fourth-order valence-corrected chi connectivity index (χ4v) is 3.22. The van der Waals surface area contributed by atoms with Crippen LogP contribution in [-0.4, -0.2) is 24.3 Å². The normalized spacial score (nSPS) is 26.4. The van der Waals surface area contributed by atoms with Gasteiger partial charge >= 0.3 is 0 Å². The van der Waals surface area contributed by atoms with Crippen molar-refractivity contribution in [1.82, 2.24) is 5.32 Å². The van der Waals surface area contributed by atoms with Gasteiger partial charge in [-0.3, -0.25) is 0 Å². The van der Waals surface area contributed by atoms with E-state index in [-0.39, 0.29) is 5.60 Å². The molecule has 3 rings (SSSR count). The smallest absolute Gasteiger partial charge is 0.0707 e. The van der Waals surface area contributed by atoms with Crippen LogP contribution >= 0.6 is 0 Å². The predicted octanol–water partition coefficient (Wildman–Crippen LogP) is 2.70. The molecule has 1 fully saturated rings. The molecule has 1 atom stereocenters. The molecule has 18 heavy (non-hydrogen) atoms. The Labute approximate surface area is 110 Å². The van der Waals surface area contributed by atoms with Crippen molar-refractivity contribution >= 4 is 0 Å². The molecular formula is C16H23NO. The Morgan fingerprint density at radius 3 is 2.44 bits per heavy atom. The van der Waals surface area contributed by atoms with Gasteiger partial charge in [-0.15, -0.1) is 0 Å². The second kappa shape index (κ2) is 4.67. The van der Waals surface area contributed by atoms with E-state index in [4.69, 9.17) is 4.74 Å². The zero-order valence-electron chi connectivity index (χ0n) is 11.4. The number of nitrogens with one attached hydrogen (secondary N) is 1. The van der Waals surface area contributed by atoms with Crippen LogP contribution in [0.5, 0.6) is 0 Å². The second-order valence-electron chi connectivity index (χ2n) is 6.32. The Morgan fingerprint density at radius 2 is 1.89 bits per heavy atom. The SMILES string of the molecule is CC1(C)CCC(CNC2Cc3ccccc3C2)O1. The van der Waals surface area contributed by atoms with E-state index in [2.05, 4.69) is 43.4 Å². The maximum absolute atomic E-state index is 6.02. The van der Waals surface area contributed by atoms with Crippen LogP contribution in [0.2, 0.25) is 0 Å². The Hall–Kier alpha value is -0.860. The van der Waals surface area contributed by atoms with Crippen molar-refractivity contribution in [3.05, 3.63) is 35.4 Å². The van der Waals surface area contributed by atoms with Crippen LogP contribution in [0.1, 0.15) is 37.8 Å². The summed E-state index contributed by atoms with van der Waals surface area (Å²) in [7, 11) is 0. The first-order valence-corrected chi connectivity index (χ1v) is 7.10. The highest BCUT2D eigenvalue weighted by molar-refractivity contribution is 5.33. The molecule has 1 unspecified atom stereocenters. The number of ether oxygens (including phenoxy) is 1. The van der Waals surface area contributed by atoms with Gasteiger partial charge in [-0.25, -0.2) is 0 Å². The van der Waals surface area contributed by atoms with E-state index in [1.807, 2.05) is 0 Å². The van der Waals surface area contributed by atoms with Crippen molar-refractivity contribution < 1.29 is 4.74 Å². The first-order valence-electron chi connectivity index (χ1n) is 7.10. The van der Waals surface area contributed by atoms with Gasteiger partial charge in [0.2, 0.25) is 0 Å². The van der Waals surface area contributed by atoms with Gasteiger partial charge in [-0.05, 0) is 50.7 Å². The Balaban J connectivity index is 1.49. The van der Waals surface area contributed by atoms with Crippen LogP contribution in [-0.2, 0) is 17.6 Å². The van der Waals surface area contributed by atoms with Gasteiger partial charge in [0.1, 0.15) is 0 Å². The predicted molar refractivity (Wildman–Crippen MR) is 73.8 cm³/mol. The lowest BCUT2D eigenvalue weighted by Gasteiger charge is -2.21. The monoisotopic (exact) mass is 245 g/mol. The maximum atomic E-state index is 6.02. The Bertz CT molecular complexity index is 402. The van der Waals surface area contributed by atoms with E-state index < -0.39 is 0 Å². The van der Waals surface area contributed by atoms with Gasteiger partial charge in [0.15, 0.2) is 0 Å². The summed E-state index contributed by atoms with van der Waals surface area (Å²) >= 11 is 0. The number of benzene rings is 1. The molecule has 1 N–H and O–H groups in total. The molecule has 1 aromatic rings. The average molecular weight is 245 g/mol. The summed E-state index contributed by atoms with van der Waals surface area (Å²) in [5.41, 5.74) is 3.12. The quantitative estimate of drug-likeness (QED) is 0.884. The molecule has 1 saturated heterocycles. The number of rotatable bonds is 3. The van der Waals surface area contributed by atoms with Gasteiger partial charge in [0.05, 0.1) is 11.7 Å². The molecule has 1 aliphatic heterocycles. The minimum absolute atomic E-state index is 0.0883. The molecular weight excluding hydrogens is 222 g/mol. The van der Waals surface area contributed by atoms with Crippen LogP contribution < -0.4 is 5.32 Å². The molecule has 0 amide bonds. The molecule has 1 aromatic carbocycles. The molecule has 0 saturated carbocycles. The number of hydrogen-bond donors (Lipinski definition) is 1. The van der Waals surface area contributed by atoms with E-state index in [1.165, 1.54) is 36.8 Å². The lowest BCUT2D eigenvalue weighted by molar-refractivity contribution is -0.0150. The fraction of sp³-hybridized carbons (Fsp3) is 0.625. The highest BCUT2D eigenvalue weighted by Crippen LogP contribution is 2.29. The molecule has 2 heteroatoms. The molecule has 0 spiro atoms. The first-order chi connectivity index (χ1) is 8.62. The molecule has 0 aromatic heterocycles. The summed E-state index contributed by atoms with van der Waals surface area (Å²) < 4.78 is 6.02. The molecule has 2 aliphatic rings. The summed E-state index contributed by atoms with van der Waals surface area (Å²) in [6.07, 6.45) is 5.13. The summed E-state index contributed by atoms with van der Waals surface area (Å²) in [6, 6.07) is 9.40. The van der Waals surface area contributed by atoms with Crippen molar-refractivity contribution in [2.75, 3.05) is 6.54 Å². The van der Waals surface area contributed by atoms with Gasteiger partial charge in [0, 0.05) is 12.6 Å². The lowest BCUT2D eigenvalue weighted by Crippen LogP contribution is -2.36. The minimum Gasteiger partial charge on any atom is -0.371 e. The number of hydrogen-bond acceptors (Lipinski definition) is 2. The fourth-order valence-electron chi connectivity index (χ4n) is 3.22. The van der Waals surface area contributed by atoms with Crippen molar-refractivity contribution in [2.24, 2.45) is 0 Å². The topological polar surface area (TPSA) is 21.3 Å². The largest absolute Gasteiger partial charge is 0.371 e. The third kappa shape index (κ3) is 2.60. The zero-order chi connectivity index (χ0) is 12.6. The molecule has 2 nitrogen and oxygen atoms in total. The van der Waals surface area contributed by atoms with Gasteiger partial charge in [0.25, 0.3) is 0 Å². The number of fused-ring (bicyclic) bond motifs is 1. The summed E-state index contributed by atoms with van der Waals surface area (Å²) in [5.74, 6) is 0. The standard InChI is InChI=1S/C16H23NO/c1-16(2)8-7-15(18-16)11-17-14-9-12-5-3-4-6-13(12)10-14/h3-6,14-15,17H,7-11H2,1-2H3. The van der Waals surface area contributed by atoms with Crippen molar-refractivity contribution in [2.45, 2.75) is 57.3 Å². The van der Waals surface area contributed by atoms with Crippen LogP contribution in [0.25, 0.3) is 0 Å². The van der Waals surface area contributed by atoms with Crippen LogP contribution in [0.3, 0.4) is 0 Å². The average Bonchev–Trinajstić information content (AvgIpc) is 2.89. The van der Waals surface area contributed by atoms with E-state index in [0.29, 0.717) is 12.1 Å². The summed E-state index contributed by atoms with van der Waals surface area (Å²) in [5, 5.41) is 3.68. The molecule has 1 aliphatic carbocycles. The maximum Gasteiger partial charge on any atom is 0.0707 e. The third-order valence-electron chi connectivity index (χ3n) is 4.24. The van der Waals surface area contributed by atoms with Gasteiger partial charge in [-0.2, -0.15) is 0 Å². The van der Waals surface area contributed by atoms with E-state index in [9.17, 15) is 0 Å². The highest BCUT2D eigenvalue weighted by Gasteiger charge is 2.32. The highest BCUT2D eigenvalue weighted by atomic mass is 16.5. The Kier molecular flexibility index (Phi) is 3.16. The van der Waals surface area contributed by atoms with Gasteiger partial charge < -0.3 is 10.1 Å². The lowest BCUT2D eigenvalue weighted by atomic mass is 10.1. The van der Waals surface area contributed by atoms with E-state index >= 15 is 0 Å². The van der Waals surface area contributed by atoms with Crippen molar-refractivity contribution in [1.29, 1.82) is 0 Å². The third-order valence-corrected chi connectivity index (χ3v) is 4.24. The van der Waals surface area contributed by atoms with Gasteiger partial charge in [-0.1, -0.05) is 24.3 Å². The Morgan fingerprint density at radius 1 is 1.22 bits per heavy atom. The molecule has 0 bridgehead atoms. The first kappa shape index (κ1) is 12.2. The van der Waals surface area contributed by atoms with E-state index in [1.54, 1.807) is 0 Å². The van der Waals surface area contributed by atoms with Crippen LogP contribution in [0, 0.1) is 0 Å². The zero-order valence-corrected chi connectivity index (χ0v) is 11.4. The second-order valence-corrected chi connectivity index (χ2v) is 6.32. The van der Waals surface area contributed by atoms with Crippen LogP contribution in [0.4, 0.5) is 0 Å². The summed E-state index contributed by atoms with van der Waals surface area (Å²) in [4.78, 5) is 0. The van der Waals surface area contributed by atoms with Crippen molar-refractivity contribution in [3.8, 4) is 0 Å². The van der Waals surface area contributed by atoms with Crippen LogP contribution in [0.15, 0.2) is 24.3 Å². The minimum atomic E-state index is 0.0883. The van der Waals surface area contributed by atoms with E-state index in [0.717, 1.165) is 6.54 Å². The summed E-state index contributed by atoms with van der Waals surface area (Å²) in [6.45, 7) is 5.39. The molecule has 98 valence electrons.